The molecular formula is C11H18OS. The number of hydrogen-bond acceptors (Lipinski definition) is 2. The van der Waals surface area contributed by atoms with Crippen molar-refractivity contribution in [3.8, 4) is 0 Å². The molecule has 0 atom stereocenters. The van der Waals surface area contributed by atoms with Crippen molar-refractivity contribution in [2.24, 2.45) is 0 Å². The predicted octanol–water partition coefficient (Wildman–Crippen LogP) is 3.50. The first kappa shape index (κ1) is 10.7. The van der Waals surface area contributed by atoms with Gasteiger partial charge in [0.15, 0.2) is 0 Å². The van der Waals surface area contributed by atoms with Gasteiger partial charge >= 0.3 is 0 Å². The van der Waals surface area contributed by atoms with Crippen LogP contribution in [0.15, 0.2) is 17.5 Å². The first-order valence-electron chi connectivity index (χ1n) is 4.74. The summed E-state index contributed by atoms with van der Waals surface area (Å²) in [5.74, 6) is 0. The summed E-state index contributed by atoms with van der Waals surface area (Å²) < 4.78 is 5.63. The van der Waals surface area contributed by atoms with Gasteiger partial charge in [0.25, 0.3) is 0 Å². The number of rotatable bonds is 4. The molecule has 0 radical (unpaired) electrons. The second-order valence-corrected chi connectivity index (χ2v) is 5.18. The van der Waals surface area contributed by atoms with Crippen LogP contribution in [0.25, 0.3) is 0 Å². The van der Waals surface area contributed by atoms with Gasteiger partial charge < -0.3 is 4.74 Å². The fourth-order valence-corrected chi connectivity index (χ4v) is 1.83. The molecule has 0 aliphatic rings. The minimum atomic E-state index is 0.00937. The zero-order valence-electron chi connectivity index (χ0n) is 8.67. The standard InChI is InChI=1S/C11H18OS/c1-11(2,3)12-8-4-6-10-7-5-9-13-10/h5,7,9H,4,6,8H2,1-3H3. The van der Waals surface area contributed by atoms with Gasteiger partial charge in [0.2, 0.25) is 0 Å². The lowest BCUT2D eigenvalue weighted by molar-refractivity contribution is -0.00378. The molecule has 0 fully saturated rings. The van der Waals surface area contributed by atoms with Crippen LogP contribution >= 0.6 is 11.3 Å². The third-order valence-electron chi connectivity index (χ3n) is 1.68. The average molecular weight is 198 g/mol. The molecule has 0 amide bonds. The van der Waals surface area contributed by atoms with Crippen molar-refractivity contribution in [1.82, 2.24) is 0 Å². The summed E-state index contributed by atoms with van der Waals surface area (Å²) in [6.45, 7) is 7.15. The molecular weight excluding hydrogens is 180 g/mol. The van der Waals surface area contributed by atoms with Gasteiger partial charge in [0.1, 0.15) is 0 Å². The van der Waals surface area contributed by atoms with E-state index in [9.17, 15) is 0 Å². The molecule has 0 spiro atoms. The lowest BCUT2D eigenvalue weighted by atomic mass is 10.2. The van der Waals surface area contributed by atoms with E-state index in [1.807, 2.05) is 11.3 Å². The van der Waals surface area contributed by atoms with Gasteiger partial charge in [-0.25, -0.2) is 0 Å². The maximum atomic E-state index is 5.63. The van der Waals surface area contributed by atoms with Gasteiger partial charge in [-0.15, -0.1) is 11.3 Å². The molecule has 0 bridgehead atoms. The Bertz CT molecular complexity index is 221. The third kappa shape index (κ3) is 5.06. The monoisotopic (exact) mass is 198 g/mol. The Kier molecular flexibility index (Phi) is 3.94. The van der Waals surface area contributed by atoms with E-state index in [4.69, 9.17) is 4.74 Å². The minimum absolute atomic E-state index is 0.00937. The summed E-state index contributed by atoms with van der Waals surface area (Å²) >= 11 is 1.83. The maximum Gasteiger partial charge on any atom is 0.0598 e. The highest BCUT2D eigenvalue weighted by molar-refractivity contribution is 7.09. The van der Waals surface area contributed by atoms with E-state index in [1.165, 1.54) is 4.88 Å². The summed E-state index contributed by atoms with van der Waals surface area (Å²) in [5.41, 5.74) is 0.00937. The molecule has 13 heavy (non-hydrogen) atoms. The zero-order valence-corrected chi connectivity index (χ0v) is 9.49. The fraction of sp³-hybridized carbons (Fsp3) is 0.636. The van der Waals surface area contributed by atoms with Gasteiger partial charge in [-0.3, -0.25) is 0 Å². The molecule has 0 aliphatic carbocycles. The second-order valence-electron chi connectivity index (χ2n) is 4.14. The van der Waals surface area contributed by atoms with Crippen molar-refractivity contribution in [3.63, 3.8) is 0 Å². The zero-order chi connectivity index (χ0) is 9.73. The molecule has 0 saturated carbocycles. The van der Waals surface area contributed by atoms with E-state index in [1.54, 1.807) is 0 Å². The molecule has 0 aliphatic heterocycles. The number of aryl methyl sites for hydroxylation is 1. The lowest BCUT2D eigenvalue weighted by Crippen LogP contribution is -2.19. The van der Waals surface area contributed by atoms with E-state index in [-0.39, 0.29) is 5.60 Å². The van der Waals surface area contributed by atoms with Crippen LogP contribution in [0.4, 0.5) is 0 Å². The number of ether oxygens (including phenoxy) is 1. The topological polar surface area (TPSA) is 9.23 Å². The third-order valence-corrected chi connectivity index (χ3v) is 2.62. The predicted molar refractivity (Wildman–Crippen MR) is 58.3 cm³/mol. The molecule has 0 aromatic carbocycles. The molecule has 1 heterocycles. The molecule has 1 aromatic rings. The molecule has 0 saturated heterocycles. The van der Waals surface area contributed by atoms with Crippen molar-refractivity contribution in [2.75, 3.05) is 6.61 Å². The number of thiophene rings is 1. The average Bonchev–Trinajstić information content (AvgIpc) is 2.48. The van der Waals surface area contributed by atoms with Crippen LogP contribution in [-0.4, -0.2) is 12.2 Å². The van der Waals surface area contributed by atoms with Gasteiger partial charge in [-0.2, -0.15) is 0 Å². The molecule has 74 valence electrons. The Balaban J connectivity index is 2.09. The lowest BCUT2D eigenvalue weighted by Gasteiger charge is -2.19. The maximum absolute atomic E-state index is 5.63. The summed E-state index contributed by atoms with van der Waals surface area (Å²) in [4.78, 5) is 1.46. The smallest absolute Gasteiger partial charge is 0.0598 e. The molecule has 1 aromatic heterocycles. The quantitative estimate of drug-likeness (QED) is 0.673. The molecule has 0 unspecified atom stereocenters. The summed E-state index contributed by atoms with van der Waals surface area (Å²) in [5, 5.41) is 2.12. The van der Waals surface area contributed by atoms with Crippen molar-refractivity contribution >= 4 is 11.3 Å². The SMILES string of the molecule is CC(C)(C)OCCCc1cccs1. The van der Waals surface area contributed by atoms with Crippen molar-refractivity contribution < 1.29 is 4.74 Å². The number of hydrogen-bond donors (Lipinski definition) is 0. The van der Waals surface area contributed by atoms with Gasteiger partial charge in [-0.1, -0.05) is 6.07 Å². The van der Waals surface area contributed by atoms with E-state index in [0.717, 1.165) is 19.4 Å². The van der Waals surface area contributed by atoms with Crippen molar-refractivity contribution in [2.45, 2.75) is 39.2 Å². The van der Waals surface area contributed by atoms with E-state index in [0.29, 0.717) is 0 Å². The van der Waals surface area contributed by atoms with E-state index in [2.05, 4.69) is 38.3 Å². The molecule has 2 heteroatoms. The second kappa shape index (κ2) is 4.77. The first-order chi connectivity index (χ1) is 6.08. The Labute approximate surface area is 84.7 Å². The molecule has 0 N–H and O–H groups in total. The molecule has 1 nitrogen and oxygen atoms in total. The Morgan fingerprint density at radius 2 is 2.15 bits per heavy atom. The normalized spacial score (nSPS) is 11.9. The van der Waals surface area contributed by atoms with Gasteiger partial charge in [0.05, 0.1) is 5.60 Å². The molecule has 1 rings (SSSR count). The highest BCUT2D eigenvalue weighted by atomic mass is 32.1. The minimum Gasteiger partial charge on any atom is -0.376 e. The fourth-order valence-electron chi connectivity index (χ4n) is 1.08. The van der Waals surface area contributed by atoms with Crippen LogP contribution in [0, 0.1) is 0 Å². The van der Waals surface area contributed by atoms with Gasteiger partial charge in [0, 0.05) is 11.5 Å². The summed E-state index contributed by atoms with van der Waals surface area (Å²) in [6, 6.07) is 4.28. The van der Waals surface area contributed by atoms with Crippen LogP contribution in [0.2, 0.25) is 0 Å². The van der Waals surface area contributed by atoms with E-state index >= 15 is 0 Å². The largest absolute Gasteiger partial charge is 0.376 e. The Morgan fingerprint density at radius 3 is 2.69 bits per heavy atom. The Morgan fingerprint density at radius 1 is 1.38 bits per heavy atom. The van der Waals surface area contributed by atoms with E-state index < -0.39 is 0 Å². The Hall–Kier alpha value is -0.340. The van der Waals surface area contributed by atoms with Crippen LogP contribution < -0.4 is 0 Å². The van der Waals surface area contributed by atoms with Crippen LogP contribution in [0.5, 0.6) is 0 Å². The van der Waals surface area contributed by atoms with Crippen LogP contribution in [0.3, 0.4) is 0 Å². The highest BCUT2D eigenvalue weighted by Gasteiger charge is 2.08. The first-order valence-corrected chi connectivity index (χ1v) is 5.62. The summed E-state index contributed by atoms with van der Waals surface area (Å²) in [7, 11) is 0. The van der Waals surface area contributed by atoms with Crippen molar-refractivity contribution in [1.29, 1.82) is 0 Å². The van der Waals surface area contributed by atoms with Crippen LogP contribution in [0.1, 0.15) is 32.1 Å². The van der Waals surface area contributed by atoms with Crippen LogP contribution in [-0.2, 0) is 11.2 Å². The summed E-state index contributed by atoms with van der Waals surface area (Å²) in [6.07, 6.45) is 2.27. The highest BCUT2D eigenvalue weighted by Crippen LogP contribution is 2.12. The van der Waals surface area contributed by atoms with Crippen molar-refractivity contribution in [3.05, 3.63) is 22.4 Å². The van der Waals surface area contributed by atoms with Gasteiger partial charge in [-0.05, 0) is 45.1 Å².